The first kappa shape index (κ1) is 15.3. The summed E-state index contributed by atoms with van der Waals surface area (Å²) in [6.45, 7) is 0. The number of nitrogens with two attached hydrogens (primary N) is 1. The normalized spacial score (nSPS) is 25.1. The van der Waals surface area contributed by atoms with Crippen LogP contribution in [0.5, 0.6) is 0 Å². The van der Waals surface area contributed by atoms with E-state index in [1.807, 2.05) is 30.3 Å². The molecule has 21 heavy (non-hydrogen) atoms. The summed E-state index contributed by atoms with van der Waals surface area (Å²) in [5.74, 6) is -1.28. The number of aliphatic hydroxyl groups is 1. The van der Waals surface area contributed by atoms with Gasteiger partial charge in [0.2, 0.25) is 11.8 Å². The summed E-state index contributed by atoms with van der Waals surface area (Å²) in [6.07, 6.45) is 3.41. The van der Waals surface area contributed by atoms with E-state index in [9.17, 15) is 14.7 Å². The molecule has 1 aromatic rings. The molecule has 1 aromatic carbocycles. The largest absolute Gasteiger partial charge is 0.390 e. The van der Waals surface area contributed by atoms with Gasteiger partial charge in [0.05, 0.1) is 18.1 Å². The van der Waals surface area contributed by atoms with Gasteiger partial charge < -0.3 is 15.7 Å². The Hall–Kier alpha value is -2.14. The van der Waals surface area contributed by atoms with E-state index in [-0.39, 0.29) is 11.9 Å². The van der Waals surface area contributed by atoms with Crippen molar-refractivity contribution in [1.29, 1.82) is 0 Å². The average molecular weight is 288 g/mol. The van der Waals surface area contributed by atoms with Crippen LogP contribution in [0.25, 0.3) is 6.08 Å². The van der Waals surface area contributed by atoms with Crippen LogP contribution in [-0.2, 0) is 9.59 Å². The van der Waals surface area contributed by atoms with Crippen molar-refractivity contribution in [1.82, 2.24) is 4.90 Å². The quantitative estimate of drug-likeness (QED) is 0.803. The lowest BCUT2D eigenvalue weighted by Crippen LogP contribution is -2.44. The Kier molecular flexibility index (Phi) is 4.75. The lowest BCUT2D eigenvalue weighted by atomic mass is 10.0. The summed E-state index contributed by atoms with van der Waals surface area (Å²) in [5.41, 5.74) is 6.18. The van der Waals surface area contributed by atoms with E-state index in [0.717, 1.165) is 5.56 Å². The maximum atomic E-state index is 12.1. The highest BCUT2D eigenvalue weighted by Crippen LogP contribution is 2.29. The molecular formula is C16H20N2O3. The zero-order valence-corrected chi connectivity index (χ0v) is 12.0. The van der Waals surface area contributed by atoms with Crippen molar-refractivity contribution >= 4 is 17.9 Å². The van der Waals surface area contributed by atoms with E-state index in [2.05, 4.69) is 0 Å². The Morgan fingerprint density at radius 3 is 2.52 bits per heavy atom. The molecule has 2 amide bonds. The zero-order valence-electron chi connectivity index (χ0n) is 12.0. The molecule has 5 heteroatoms. The van der Waals surface area contributed by atoms with Crippen LogP contribution in [0.4, 0.5) is 0 Å². The van der Waals surface area contributed by atoms with Gasteiger partial charge in [0.25, 0.3) is 0 Å². The summed E-state index contributed by atoms with van der Waals surface area (Å²) in [6, 6.07) is 9.13. The minimum Gasteiger partial charge on any atom is -0.390 e. The molecule has 1 saturated carbocycles. The van der Waals surface area contributed by atoms with E-state index >= 15 is 0 Å². The van der Waals surface area contributed by atoms with Crippen molar-refractivity contribution < 1.29 is 14.7 Å². The standard InChI is InChI=1S/C16H20N2O3/c1-18(13-9-8-12(15(13)20)16(17)21)14(19)10-7-11-5-3-2-4-6-11/h2-7,10,12-13,15,20H,8-9H2,1H3,(H2,17,21)/b10-7+/t12-,13-,15+/m1/s1. The van der Waals surface area contributed by atoms with Crippen LogP contribution >= 0.6 is 0 Å². The van der Waals surface area contributed by atoms with Gasteiger partial charge in [0, 0.05) is 13.1 Å². The number of likely N-dealkylation sites (N-methyl/N-ethyl adjacent to an activating group) is 1. The van der Waals surface area contributed by atoms with Crippen LogP contribution in [-0.4, -0.2) is 41.0 Å². The molecule has 1 aliphatic carbocycles. The molecule has 3 atom stereocenters. The van der Waals surface area contributed by atoms with Crippen LogP contribution in [0, 0.1) is 5.92 Å². The summed E-state index contributed by atoms with van der Waals surface area (Å²) in [7, 11) is 1.63. The monoisotopic (exact) mass is 288 g/mol. The second-order valence-corrected chi connectivity index (χ2v) is 5.34. The Morgan fingerprint density at radius 2 is 1.95 bits per heavy atom. The highest BCUT2D eigenvalue weighted by Gasteiger charge is 2.40. The van der Waals surface area contributed by atoms with Gasteiger partial charge in [-0.15, -0.1) is 0 Å². The lowest BCUT2D eigenvalue weighted by molar-refractivity contribution is -0.131. The second-order valence-electron chi connectivity index (χ2n) is 5.34. The maximum absolute atomic E-state index is 12.1. The molecule has 2 rings (SSSR count). The minimum atomic E-state index is -0.887. The van der Waals surface area contributed by atoms with Gasteiger partial charge in [-0.2, -0.15) is 0 Å². The number of primary amides is 1. The maximum Gasteiger partial charge on any atom is 0.246 e. The van der Waals surface area contributed by atoms with Crippen molar-refractivity contribution in [3.05, 3.63) is 42.0 Å². The lowest BCUT2D eigenvalue weighted by Gasteiger charge is -2.27. The number of amides is 2. The molecule has 0 spiro atoms. The van der Waals surface area contributed by atoms with E-state index in [0.29, 0.717) is 12.8 Å². The molecule has 112 valence electrons. The third-order valence-corrected chi connectivity index (χ3v) is 4.01. The molecule has 0 unspecified atom stereocenters. The predicted octanol–water partition coefficient (Wildman–Crippen LogP) is 0.783. The smallest absolute Gasteiger partial charge is 0.246 e. The zero-order chi connectivity index (χ0) is 15.4. The van der Waals surface area contributed by atoms with Gasteiger partial charge in [0.1, 0.15) is 0 Å². The fourth-order valence-electron chi connectivity index (χ4n) is 2.71. The van der Waals surface area contributed by atoms with Gasteiger partial charge in [0.15, 0.2) is 0 Å². The third kappa shape index (κ3) is 3.49. The number of nitrogens with zero attached hydrogens (tertiary/aromatic N) is 1. The highest BCUT2D eigenvalue weighted by atomic mass is 16.3. The SMILES string of the molecule is CN(C(=O)/C=C/c1ccccc1)[C@@H]1CC[C@@H](C(N)=O)[C@@H]1O. The van der Waals surface area contributed by atoms with Gasteiger partial charge in [-0.3, -0.25) is 9.59 Å². The molecule has 1 aliphatic rings. The Balaban J connectivity index is 2.00. The molecule has 0 radical (unpaired) electrons. The van der Waals surface area contributed by atoms with Gasteiger partial charge in [-0.1, -0.05) is 30.3 Å². The molecule has 0 aromatic heterocycles. The fourth-order valence-corrected chi connectivity index (χ4v) is 2.71. The molecule has 3 N–H and O–H groups in total. The Morgan fingerprint density at radius 1 is 1.29 bits per heavy atom. The van der Waals surface area contributed by atoms with E-state index in [1.165, 1.54) is 11.0 Å². The second kappa shape index (κ2) is 6.54. The first-order valence-corrected chi connectivity index (χ1v) is 6.98. The summed E-state index contributed by atoms with van der Waals surface area (Å²) in [4.78, 5) is 24.8. The molecule has 0 heterocycles. The molecule has 1 fully saturated rings. The van der Waals surface area contributed by atoms with E-state index in [1.54, 1.807) is 13.1 Å². The number of carbonyl (C=O) groups excluding carboxylic acids is 2. The summed E-state index contributed by atoms with van der Waals surface area (Å²) in [5, 5.41) is 10.1. The third-order valence-electron chi connectivity index (χ3n) is 4.01. The van der Waals surface area contributed by atoms with Crippen molar-refractivity contribution in [3.8, 4) is 0 Å². The first-order chi connectivity index (χ1) is 10.0. The van der Waals surface area contributed by atoms with Crippen molar-refractivity contribution in [2.45, 2.75) is 25.0 Å². The fraction of sp³-hybridized carbons (Fsp3) is 0.375. The van der Waals surface area contributed by atoms with Crippen LogP contribution in [0.15, 0.2) is 36.4 Å². The van der Waals surface area contributed by atoms with Gasteiger partial charge >= 0.3 is 0 Å². The molecule has 0 bridgehead atoms. The average Bonchev–Trinajstić information content (AvgIpc) is 2.87. The molecule has 5 nitrogen and oxygen atoms in total. The summed E-state index contributed by atoms with van der Waals surface area (Å²) >= 11 is 0. The van der Waals surface area contributed by atoms with Crippen molar-refractivity contribution in [2.75, 3.05) is 7.05 Å². The number of carbonyl (C=O) groups is 2. The molecule has 0 aliphatic heterocycles. The van der Waals surface area contributed by atoms with Crippen LogP contribution in [0.2, 0.25) is 0 Å². The first-order valence-electron chi connectivity index (χ1n) is 6.98. The number of rotatable bonds is 4. The number of hydrogen-bond donors (Lipinski definition) is 2. The molecular weight excluding hydrogens is 268 g/mol. The minimum absolute atomic E-state index is 0.201. The number of aliphatic hydroxyl groups excluding tert-OH is 1. The molecule has 0 saturated heterocycles. The highest BCUT2D eigenvalue weighted by molar-refractivity contribution is 5.92. The van der Waals surface area contributed by atoms with Crippen LogP contribution in [0.1, 0.15) is 18.4 Å². The van der Waals surface area contributed by atoms with Crippen LogP contribution in [0.3, 0.4) is 0 Å². The topological polar surface area (TPSA) is 83.6 Å². The van der Waals surface area contributed by atoms with Gasteiger partial charge in [-0.05, 0) is 24.5 Å². The van der Waals surface area contributed by atoms with Crippen molar-refractivity contribution in [3.63, 3.8) is 0 Å². The van der Waals surface area contributed by atoms with E-state index in [4.69, 9.17) is 5.73 Å². The van der Waals surface area contributed by atoms with E-state index < -0.39 is 17.9 Å². The predicted molar refractivity (Wildman–Crippen MR) is 80.0 cm³/mol. The number of benzene rings is 1. The Bertz CT molecular complexity index is 542. The van der Waals surface area contributed by atoms with Gasteiger partial charge in [-0.25, -0.2) is 0 Å². The van der Waals surface area contributed by atoms with Crippen molar-refractivity contribution in [2.24, 2.45) is 11.7 Å². The van der Waals surface area contributed by atoms with Crippen LogP contribution < -0.4 is 5.73 Å². The number of hydrogen-bond acceptors (Lipinski definition) is 3. The summed E-state index contributed by atoms with van der Waals surface area (Å²) < 4.78 is 0. The Labute approximate surface area is 124 Å².